The second-order valence-electron chi connectivity index (χ2n) is 8.41. The van der Waals surface area contributed by atoms with Crippen molar-refractivity contribution in [2.24, 2.45) is 11.3 Å². The van der Waals surface area contributed by atoms with E-state index in [0.29, 0.717) is 23.5 Å². The Bertz CT molecular complexity index is 960. The Morgan fingerprint density at radius 3 is 2.63 bits per heavy atom. The molecule has 0 aliphatic heterocycles. The summed E-state index contributed by atoms with van der Waals surface area (Å²) in [6.07, 6.45) is 6.37. The molecule has 8 heteroatoms. The number of nitrogens with one attached hydrogen (secondary N) is 1. The SMILES string of the molecule is COc1ccc(COCC23CCCCC(CC2)C3NS(=O)(=O)c2ccc(Cl)s2)cc1. The summed E-state index contributed by atoms with van der Waals surface area (Å²) in [6, 6.07) is 11.0. The average molecular weight is 470 g/mol. The van der Waals surface area contributed by atoms with Crippen LogP contribution in [0, 0.1) is 11.3 Å². The highest BCUT2D eigenvalue weighted by Gasteiger charge is 2.50. The maximum Gasteiger partial charge on any atom is 0.250 e. The Hall–Kier alpha value is -1.12. The maximum absolute atomic E-state index is 13.0. The van der Waals surface area contributed by atoms with Crippen molar-refractivity contribution in [3.8, 4) is 5.75 Å². The van der Waals surface area contributed by atoms with Crippen molar-refractivity contribution < 1.29 is 17.9 Å². The van der Waals surface area contributed by atoms with E-state index < -0.39 is 10.0 Å². The number of halogens is 1. The predicted molar refractivity (Wildman–Crippen MR) is 120 cm³/mol. The maximum atomic E-state index is 13.0. The van der Waals surface area contributed by atoms with Crippen LogP contribution in [-0.2, 0) is 21.4 Å². The lowest BCUT2D eigenvalue weighted by molar-refractivity contribution is 0.0185. The van der Waals surface area contributed by atoms with Crippen LogP contribution in [0.4, 0.5) is 0 Å². The standard InChI is InChI=1S/C22H28ClNO4S2/c1-27-18-7-5-16(6-8-18)14-28-15-22-12-3-2-4-17(11-13-22)21(22)24-30(25,26)20-10-9-19(23)29-20/h5-10,17,21,24H,2-4,11-15H2,1H3. The van der Waals surface area contributed by atoms with E-state index in [1.54, 1.807) is 19.2 Å². The molecule has 2 bridgehead atoms. The number of rotatable bonds is 8. The Labute approximate surface area is 187 Å². The highest BCUT2D eigenvalue weighted by atomic mass is 35.5. The first-order valence-electron chi connectivity index (χ1n) is 10.4. The molecule has 2 fully saturated rings. The molecule has 1 aromatic heterocycles. The van der Waals surface area contributed by atoms with Gasteiger partial charge in [-0.3, -0.25) is 0 Å². The van der Waals surface area contributed by atoms with Crippen LogP contribution in [0.15, 0.2) is 40.6 Å². The fourth-order valence-corrected chi connectivity index (χ4v) is 7.89. The number of methoxy groups -OCH3 is 1. The molecule has 0 saturated heterocycles. The zero-order valence-electron chi connectivity index (χ0n) is 17.1. The van der Waals surface area contributed by atoms with Crippen molar-refractivity contribution in [1.82, 2.24) is 4.72 Å². The predicted octanol–water partition coefficient (Wildman–Crippen LogP) is 5.24. The lowest BCUT2D eigenvalue weighted by Crippen LogP contribution is -2.49. The monoisotopic (exact) mass is 469 g/mol. The van der Waals surface area contributed by atoms with Gasteiger partial charge in [-0.2, -0.15) is 0 Å². The number of sulfonamides is 1. The first-order valence-corrected chi connectivity index (χ1v) is 13.1. The summed E-state index contributed by atoms with van der Waals surface area (Å²) in [5, 5.41) is 0. The first-order chi connectivity index (χ1) is 14.4. The Morgan fingerprint density at radius 2 is 1.93 bits per heavy atom. The van der Waals surface area contributed by atoms with E-state index in [1.165, 1.54) is 0 Å². The molecule has 2 saturated carbocycles. The van der Waals surface area contributed by atoms with Crippen LogP contribution >= 0.6 is 22.9 Å². The third-order valence-electron chi connectivity index (χ3n) is 6.56. The van der Waals surface area contributed by atoms with Crippen molar-refractivity contribution in [2.75, 3.05) is 13.7 Å². The van der Waals surface area contributed by atoms with Gasteiger partial charge in [-0.15, -0.1) is 11.3 Å². The van der Waals surface area contributed by atoms with Crippen molar-refractivity contribution >= 4 is 33.0 Å². The number of hydrogen-bond acceptors (Lipinski definition) is 5. The topological polar surface area (TPSA) is 64.6 Å². The third-order valence-corrected chi connectivity index (χ3v) is 9.72. The summed E-state index contributed by atoms with van der Waals surface area (Å²) in [7, 11) is -1.94. The van der Waals surface area contributed by atoms with Crippen LogP contribution in [0.3, 0.4) is 0 Å². The summed E-state index contributed by atoms with van der Waals surface area (Å²) in [5.74, 6) is 1.19. The number of benzene rings is 1. The van der Waals surface area contributed by atoms with Gasteiger partial charge in [-0.25, -0.2) is 13.1 Å². The number of ether oxygens (including phenoxy) is 2. The van der Waals surface area contributed by atoms with Crippen molar-refractivity contribution in [3.63, 3.8) is 0 Å². The minimum absolute atomic E-state index is 0.0956. The molecule has 30 heavy (non-hydrogen) atoms. The quantitative estimate of drug-likeness (QED) is 0.573. The van der Waals surface area contributed by atoms with Gasteiger partial charge in [0.15, 0.2) is 0 Å². The lowest BCUT2D eigenvalue weighted by atomic mass is 9.79. The highest BCUT2D eigenvalue weighted by molar-refractivity contribution is 7.91. The fraction of sp³-hybridized carbons (Fsp3) is 0.545. The molecule has 0 amide bonds. The normalized spacial score (nSPS) is 26.5. The van der Waals surface area contributed by atoms with E-state index in [1.807, 2.05) is 24.3 Å². The zero-order chi connectivity index (χ0) is 21.2. The van der Waals surface area contributed by atoms with Crippen LogP contribution in [0.1, 0.15) is 44.1 Å². The van der Waals surface area contributed by atoms with Gasteiger partial charge >= 0.3 is 0 Å². The molecule has 0 spiro atoms. The summed E-state index contributed by atoms with van der Waals surface area (Å²) in [5.41, 5.74) is 0.933. The molecule has 2 aliphatic rings. The van der Waals surface area contributed by atoms with E-state index in [0.717, 1.165) is 61.2 Å². The van der Waals surface area contributed by atoms with E-state index in [4.69, 9.17) is 21.1 Å². The first kappa shape index (κ1) is 22.1. The second kappa shape index (κ2) is 9.17. The van der Waals surface area contributed by atoms with Crippen LogP contribution < -0.4 is 9.46 Å². The molecule has 1 aromatic carbocycles. The van der Waals surface area contributed by atoms with Crippen LogP contribution in [0.2, 0.25) is 4.34 Å². The molecule has 1 N–H and O–H groups in total. The van der Waals surface area contributed by atoms with Crippen LogP contribution in [0.5, 0.6) is 5.75 Å². The third kappa shape index (κ3) is 4.70. The summed E-state index contributed by atoms with van der Waals surface area (Å²) in [6.45, 7) is 1.07. The molecule has 164 valence electrons. The van der Waals surface area contributed by atoms with Crippen LogP contribution in [-0.4, -0.2) is 28.2 Å². The Kier molecular flexibility index (Phi) is 6.75. The van der Waals surface area contributed by atoms with Gasteiger partial charge in [0.25, 0.3) is 0 Å². The van der Waals surface area contributed by atoms with Gasteiger partial charge in [0.2, 0.25) is 10.0 Å². The minimum Gasteiger partial charge on any atom is -0.497 e. The molecule has 3 unspecified atom stereocenters. The largest absolute Gasteiger partial charge is 0.497 e. The van der Waals surface area contributed by atoms with Crippen molar-refractivity contribution in [3.05, 3.63) is 46.3 Å². The lowest BCUT2D eigenvalue weighted by Gasteiger charge is -2.36. The molecule has 2 aromatic rings. The smallest absolute Gasteiger partial charge is 0.250 e. The zero-order valence-corrected chi connectivity index (χ0v) is 19.5. The molecule has 1 heterocycles. The summed E-state index contributed by atoms with van der Waals surface area (Å²) in [4.78, 5) is 0. The number of hydrogen-bond donors (Lipinski definition) is 1. The van der Waals surface area contributed by atoms with Gasteiger partial charge in [0, 0.05) is 11.5 Å². The van der Waals surface area contributed by atoms with Gasteiger partial charge in [0.05, 0.1) is 24.7 Å². The van der Waals surface area contributed by atoms with E-state index >= 15 is 0 Å². The van der Waals surface area contributed by atoms with E-state index in [-0.39, 0.29) is 15.7 Å². The van der Waals surface area contributed by atoms with E-state index in [9.17, 15) is 8.42 Å². The molecule has 5 nitrogen and oxygen atoms in total. The van der Waals surface area contributed by atoms with Gasteiger partial charge in [0.1, 0.15) is 9.96 Å². The summed E-state index contributed by atoms with van der Waals surface area (Å²) >= 11 is 7.08. The highest BCUT2D eigenvalue weighted by Crippen LogP contribution is 2.50. The second-order valence-corrected chi connectivity index (χ2v) is 12.1. The fourth-order valence-electron chi connectivity index (χ4n) is 4.99. The molecule has 4 rings (SSSR count). The number of thiophene rings is 1. The molecule has 2 aliphatic carbocycles. The minimum atomic E-state index is -3.59. The average Bonchev–Trinajstić information content (AvgIpc) is 3.25. The van der Waals surface area contributed by atoms with E-state index in [2.05, 4.69) is 4.72 Å². The van der Waals surface area contributed by atoms with Crippen LogP contribution in [0.25, 0.3) is 0 Å². The molecule has 3 atom stereocenters. The van der Waals surface area contributed by atoms with Gasteiger partial charge < -0.3 is 9.47 Å². The van der Waals surface area contributed by atoms with Crippen molar-refractivity contribution in [2.45, 2.75) is 55.4 Å². The molecular formula is C22H28ClNO4S2. The number of fused-ring (bicyclic) bond motifs is 2. The van der Waals surface area contributed by atoms with Gasteiger partial charge in [-0.05, 0) is 61.4 Å². The van der Waals surface area contributed by atoms with Crippen molar-refractivity contribution in [1.29, 1.82) is 0 Å². The molecule has 0 radical (unpaired) electrons. The Balaban J connectivity index is 1.48. The van der Waals surface area contributed by atoms with Gasteiger partial charge in [-0.1, -0.05) is 36.6 Å². The molecular weight excluding hydrogens is 442 g/mol. The Morgan fingerprint density at radius 1 is 1.13 bits per heavy atom. The summed E-state index contributed by atoms with van der Waals surface area (Å²) < 4.78 is 41.3.